The molecule has 1 rings (SSSR count). The van der Waals surface area contributed by atoms with Gasteiger partial charge < -0.3 is 5.11 Å². The van der Waals surface area contributed by atoms with Crippen LogP contribution in [0.15, 0.2) is 11.6 Å². The zero-order chi connectivity index (χ0) is 8.43. The lowest BCUT2D eigenvalue weighted by Gasteiger charge is -2.20. The molecule has 2 unspecified atom stereocenters. The van der Waals surface area contributed by atoms with Crippen molar-refractivity contribution >= 4 is 21.7 Å². The number of carbonyl (C=O) groups is 1. The first-order chi connectivity index (χ1) is 5.11. The number of alkyl halides is 1. The van der Waals surface area contributed by atoms with Crippen LogP contribution in [-0.4, -0.2) is 21.8 Å². The normalized spacial score (nSPS) is 31.4. The van der Waals surface area contributed by atoms with Gasteiger partial charge in [-0.1, -0.05) is 15.9 Å². The van der Waals surface area contributed by atoms with Gasteiger partial charge in [-0.15, -0.1) is 0 Å². The fourth-order valence-corrected chi connectivity index (χ4v) is 1.53. The van der Waals surface area contributed by atoms with Crippen LogP contribution < -0.4 is 0 Å². The van der Waals surface area contributed by atoms with Gasteiger partial charge in [0.1, 0.15) is 0 Å². The minimum atomic E-state index is -0.498. The average molecular weight is 219 g/mol. The smallest absolute Gasteiger partial charge is 0.155 e. The van der Waals surface area contributed by atoms with Crippen molar-refractivity contribution in [1.82, 2.24) is 0 Å². The minimum Gasteiger partial charge on any atom is -0.388 e. The third-order valence-corrected chi connectivity index (χ3v) is 2.88. The zero-order valence-corrected chi connectivity index (χ0v) is 7.97. The molecule has 0 bridgehead atoms. The largest absolute Gasteiger partial charge is 0.388 e. The molecule has 0 fully saturated rings. The second-order valence-corrected chi connectivity index (χ2v) is 3.97. The molecule has 0 amide bonds. The molecular weight excluding hydrogens is 208 g/mol. The number of allylic oxidation sites excluding steroid dienone is 1. The maximum atomic E-state index is 10.9. The van der Waals surface area contributed by atoms with Crippen LogP contribution in [0.2, 0.25) is 0 Å². The lowest BCUT2D eigenvalue weighted by molar-refractivity contribution is -0.113. The Morgan fingerprint density at radius 1 is 1.82 bits per heavy atom. The van der Waals surface area contributed by atoms with Crippen LogP contribution in [0.5, 0.6) is 0 Å². The third kappa shape index (κ3) is 2.14. The van der Waals surface area contributed by atoms with Gasteiger partial charge in [-0.3, -0.25) is 4.79 Å². The van der Waals surface area contributed by atoms with E-state index in [-0.39, 0.29) is 10.6 Å². The van der Waals surface area contributed by atoms with E-state index >= 15 is 0 Å². The van der Waals surface area contributed by atoms with E-state index in [2.05, 4.69) is 15.9 Å². The SMILES string of the molecule is CC(=O)C1=CC(O)C(Br)CC1. The van der Waals surface area contributed by atoms with E-state index in [1.54, 1.807) is 6.08 Å². The van der Waals surface area contributed by atoms with Gasteiger partial charge in [-0.2, -0.15) is 0 Å². The monoisotopic (exact) mass is 218 g/mol. The summed E-state index contributed by atoms with van der Waals surface area (Å²) in [5, 5.41) is 9.32. The molecule has 0 spiro atoms. The topological polar surface area (TPSA) is 37.3 Å². The molecule has 0 saturated carbocycles. The summed E-state index contributed by atoms with van der Waals surface area (Å²) in [6.45, 7) is 1.53. The first-order valence-electron chi connectivity index (χ1n) is 3.65. The van der Waals surface area contributed by atoms with Gasteiger partial charge in [0.25, 0.3) is 0 Å². The molecule has 0 saturated heterocycles. The highest BCUT2D eigenvalue weighted by Gasteiger charge is 2.21. The van der Waals surface area contributed by atoms with Crippen molar-refractivity contribution in [3.8, 4) is 0 Å². The van der Waals surface area contributed by atoms with E-state index in [9.17, 15) is 9.90 Å². The van der Waals surface area contributed by atoms with Gasteiger partial charge in [-0.25, -0.2) is 0 Å². The summed E-state index contributed by atoms with van der Waals surface area (Å²) >= 11 is 3.32. The Labute approximate surface area is 74.4 Å². The van der Waals surface area contributed by atoms with Crippen molar-refractivity contribution in [2.24, 2.45) is 0 Å². The van der Waals surface area contributed by atoms with Gasteiger partial charge in [0.2, 0.25) is 0 Å². The maximum absolute atomic E-state index is 10.9. The Hall–Kier alpha value is -0.150. The first-order valence-corrected chi connectivity index (χ1v) is 4.56. The van der Waals surface area contributed by atoms with Crippen molar-refractivity contribution in [3.05, 3.63) is 11.6 Å². The van der Waals surface area contributed by atoms with Crippen LogP contribution >= 0.6 is 15.9 Å². The molecule has 2 atom stereocenters. The van der Waals surface area contributed by atoms with Crippen LogP contribution in [0.1, 0.15) is 19.8 Å². The molecule has 1 aliphatic rings. The van der Waals surface area contributed by atoms with Crippen molar-refractivity contribution in [2.45, 2.75) is 30.7 Å². The van der Waals surface area contributed by atoms with Gasteiger partial charge in [0.05, 0.1) is 6.10 Å². The van der Waals surface area contributed by atoms with Gasteiger partial charge >= 0.3 is 0 Å². The first kappa shape index (κ1) is 8.94. The van der Waals surface area contributed by atoms with Crippen molar-refractivity contribution < 1.29 is 9.90 Å². The number of Topliss-reactive ketones (excluding diaryl/α,β-unsaturated/α-hetero) is 1. The highest BCUT2D eigenvalue weighted by Crippen LogP contribution is 2.24. The van der Waals surface area contributed by atoms with Gasteiger partial charge in [0.15, 0.2) is 5.78 Å². The number of aliphatic hydroxyl groups is 1. The average Bonchev–Trinajstić information content (AvgIpc) is 1.94. The van der Waals surface area contributed by atoms with Crippen molar-refractivity contribution in [2.75, 3.05) is 0 Å². The number of ketones is 1. The fraction of sp³-hybridized carbons (Fsp3) is 0.625. The molecule has 0 aliphatic heterocycles. The molecule has 0 aromatic heterocycles. The predicted octanol–water partition coefficient (Wildman–Crippen LogP) is 1.42. The number of halogens is 1. The quantitative estimate of drug-likeness (QED) is 0.677. The molecule has 0 aromatic rings. The fourth-order valence-electron chi connectivity index (χ4n) is 1.15. The summed E-state index contributed by atoms with van der Waals surface area (Å²) in [6.07, 6.45) is 2.77. The Kier molecular flexibility index (Phi) is 2.84. The Morgan fingerprint density at radius 3 is 2.91 bits per heavy atom. The number of hydrogen-bond acceptors (Lipinski definition) is 2. The molecule has 3 heteroatoms. The number of rotatable bonds is 1. The summed E-state index contributed by atoms with van der Waals surface area (Å²) in [6, 6.07) is 0. The van der Waals surface area contributed by atoms with E-state index in [1.807, 2.05) is 0 Å². The highest BCUT2D eigenvalue weighted by molar-refractivity contribution is 9.09. The number of hydrogen-bond donors (Lipinski definition) is 1. The van der Waals surface area contributed by atoms with Crippen molar-refractivity contribution in [3.63, 3.8) is 0 Å². The summed E-state index contributed by atoms with van der Waals surface area (Å²) in [5.74, 6) is 0.0726. The Balaban J connectivity index is 2.71. The van der Waals surface area contributed by atoms with E-state index in [0.717, 1.165) is 18.4 Å². The summed E-state index contributed by atoms with van der Waals surface area (Å²) in [5.41, 5.74) is 0.758. The molecule has 2 nitrogen and oxygen atoms in total. The van der Waals surface area contributed by atoms with E-state index in [0.29, 0.717) is 0 Å². The molecule has 0 heterocycles. The molecule has 0 aromatic carbocycles. The summed E-state index contributed by atoms with van der Waals surface area (Å²) in [7, 11) is 0. The molecule has 11 heavy (non-hydrogen) atoms. The zero-order valence-electron chi connectivity index (χ0n) is 6.38. The second kappa shape index (κ2) is 3.50. The predicted molar refractivity (Wildman–Crippen MR) is 46.7 cm³/mol. The van der Waals surface area contributed by atoms with Crippen LogP contribution in [0.4, 0.5) is 0 Å². The minimum absolute atomic E-state index is 0.0726. The lowest BCUT2D eigenvalue weighted by Crippen LogP contribution is -2.23. The van der Waals surface area contributed by atoms with E-state index in [1.165, 1.54) is 6.92 Å². The standard InChI is InChI=1S/C8H11BrO2/c1-5(10)6-2-3-7(9)8(11)4-6/h4,7-8,11H,2-3H2,1H3. The Bertz CT molecular complexity index is 198. The third-order valence-electron chi connectivity index (χ3n) is 1.88. The molecule has 62 valence electrons. The maximum Gasteiger partial charge on any atom is 0.155 e. The summed E-state index contributed by atoms with van der Waals surface area (Å²) in [4.78, 5) is 11.0. The highest BCUT2D eigenvalue weighted by atomic mass is 79.9. The van der Waals surface area contributed by atoms with E-state index in [4.69, 9.17) is 0 Å². The number of aliphatic hydroxyl groups excluding tert-OH is 1. The van der Waals surface area contributed by atoms with Crippen molar-refractivity contribution in [1.29, 1.82) is 0 Å². The van der Waals surface area contributed by atoms with Crippen LogP contribution in [0.25, 0.3) is 0 Å². The van der Waals surface area contributed by atoms with Crippen LogP contribution in [0, 0.1) is 0 Å². The summed E-state index contributed by atoms with van der Waals surface area (Å²) < 4.78 is 0. The molecule has 1 aliphatic carbocycles. The molecule has 1 N–H and O–H groups in total. The second-order valence-electron chi connectivity index (χ2n) is 2.79. The van der Waals surface area contributed by atoms with Gasteiger partial charge in [-0.05, 0) is 31.4 Å². The molecular formula is C8H11BrO2. The molecule has 0 radical (unpaired) electrons. The van der Waals surface area contributed by atoms with Crippen LogP contribution in [-0.2, 0) is 4.79 Å². The van der Waals surface area contributed by atoms with Crippen LogP contribution in [0.3, 0.4) is 0 Å². The van der Waals surface area contributed by atoms with E-state index < -0.39 is 6.10 Å². The number of carbonyl (C=O) groups excluding carboxylic acids is 1. The lowest BCUT2D eigenvalue weighted by atomic mass is 9.95. The Morgan fingerprint density at radius 2 is 2.45 bits per heavy atom. The van der Waals surface area contributed by atoms with Gasteiger partial charge in [0, 0.05) is 4.83 Å².